The van der Waals surface area contributed by atoms with Crippen LogP contribution in [0.1, 0.15) is 28.7 Å². The van der Waals surface area contributed by atoms with Crippen molar-refractivity contribution in [3.63, 3.8) is 0 Å². The molecule has 0 heterocycles. The van der Waals surface area contributed by atoms with Crippen molar-refractivity contribution in [2.45, 2.75) is 34.1 Å². The molecule has 2 aromatic carbocycles. The van der Waals surface area contributed by atoms with Crippen molar-refractivity contribution in [3.8, 4) is 0 Å². The lowest BCUT2D eigenvalue weighted by Gasteiger charge is -2.11. The van der Waals surface area contributed by atoms with E-state index < -0.39 is 0 Å². The number of hydrogen-bond donors (Lipinski definition) is 2. The Bertz CT molecular complexity index is 549. The highest BCUT2D eigenvalue weighted by Crippen LogP contribution is 2.15. The van der Waals surface area contributed by atoms with Gasteiger partial charge in [0.05, 0.1) is 0 Å². The Kier molecular flexibility index (Phi) is 5.26. The molecule has 2 nitrogen and oxygen atoms in total. The number of anilines is 2. The van der Waals surface area contributed by atoms with Crippen molar-refractivity contribution >= 4 is 11.4 Å². The lowest BCUT2D eigenvalue weighted by atomic mass is 10.1. The second-order valence-electron chi connectivity index (χ2n) is 5.81. The number of nitrogens with one attached hydrogen (secondary N) is 2. The van der Waals surface area contributed by atoms with Crippen LogP contribution in [0.15, 0.2) is 36.4 Å². The minimum Gasteiger partial charge on any atom is -0.385 e. The molecule has 0 fully saturated rings. The van der Waals surface area contributed by atoms with Crippen LogP contribution in [-0.4, -0.2) is 13.1 Å². The largest absolute Gasteiger partial charge is 0.385 e. The molecule has 0 aliphatic carbocycles. The lowest BCUT2D eigenvalue weighted by molar-refractivity contribution is 0.909. The maximum Gasteiger partial charge on any atom is 0.0343 e. The molecule has 112 valence electrons. The van der Waals surface area contributed by atoms with Gasteiger partial charge in [-0.15, -0.1) is 0 Å². The third-order valence-electron chi connectivity index (χ3n) is 4.03. The summed E-state index contributed by atoms with van der Waals surface area (Å²) >= 11 is 0. The fourth-order valence-electron chi connectivity index (χ4n) is 2.26. The van der Waals surface area contributed by atoms with Gasteiger partial charge in [-0.25, -0.2) is 0 Å². The van der Waals surface area contributed by atoms with E-state index in [1.807, 2.05) is 0 Å². The first kappa shape index (κ1) is 15.4. The summed E-state index contributed by atoms with van der Waals surface area (Å²) in [4.78, 5) is 0. The molecule has 0 amide bonds. The minimum absolute atomic E-state index is 0.986. The Hall–Kier alpha value is -1.96. The quantitative estimate of drug-likeness (QED) is 0.741. The van der Waals surface area contributed by atoms with Gasteiger partial charge in [0, 0.05) is 24.5 Å². The SMILES string of the molecule is Cc1ccc(NCCCNc2ccc(C)c(C)c2)cc1C. The molecule has 0 radical (unpaired) electrons. The van der Waals surface area contributed by atoms with E-state index in [1.54, 1.807) is 0 Å². The van der Waals surface area contributed by atoms with Crippen molar-refractivity contribution in [1.82, 2.24) is 0 Å². The van der Waals surface area contributed by atoms with Gasteiger partial charge in [0.15, 0.2) is 0 Å². The number of hydrogen-bond acceptors (Lipinski definition) is 2. The van der Waals surface area contributed by atoms with E-state index >= 15 is 0 Å². The molecule has 21 heavy (non-hydrogen) atoms. The monoisotopic (exact) mass is 282 g/mol. The van der Waals surface area contributed by atoms with Gasteiger partial charge < -0.3 is 10.6 Å². The molecular formula is C19H26N2. The normalized spacial score (nSPS) is 10.5. The van der Waals surface area contributed by atoms with Gasteiger partial charge in [-0.2, -0.15) is 0 Å². The van der Waals surface area contributed by atoms with E-state index in [0.717, 1.165) is 19.5 Å². The van der Waals surface area contributed by atoms with Crippen LogP contribution in [0.4, 0.5) is 11.4 Å². The molecule has 0 atom stereocenters. The van der Waals surface area contributed by atoms with Crippen LogP contribution >= 0.6 is 0 Å². The van der Waals surface area contributed by atoms with Gasteiger partial charge >= 0.3 is 0 Å². The summed E-state index contributed by atoms with van der Waals surface area (Å²) in [6.07, 6.45) is 1.10. The van der Waals surface area contributed by atoms with Gasteiger partial charge in [-0.05, 0) is 80.6 Å². The molecule has 0 saturated carbocycles. The summed E-state index contributed by atoms with van der Waals surface area (Å²) in [5.41, 5.74) is 7.80. The highest BCUT2D eigenvalue weighted by atomic mass is 14.9. The molecule has 2 rings (SSSR count). The van der Waals surface area contributed by atoms with E-state index in [9.17, 15) is 0 Å². The van der Waals surface area contributed by atoms with Crippen molar-refractivity contribution in [1.29, 1.82) is 0 Å². The van der Waals surface area contributed by atoms with E-state index in [4.69, 9.17) is 0 Å². The molecular weight excluding hydrogens is 256 g/mol. The lowest BCUT2D eigenvalue weighted by Crippen LogP contribution is -2.09. The van der Waals surface area contributed by atoms with Crippen molar-refractivity contribution in [2.24, 2.45) is 0 Å². The van der Waals surface area contributed by atoms with Crippen molar-refractivity contribution in [3.05, 3.63) is 58.7 Å². The highest BCUT2D eigenvalue weighted by molar-refractivity contribution is 5.49. The summed E-state index contributed by atoms with van der Waals surface area (Å²) in [6, 6.07) is 13.1. The second-order valence-corrected chi connectivity index (χ2v) is 5.81. The average Bonchev–Trinajstić information content (AvgIpc) is 2.46. The zero-order valence-electron chi connectivity index (χ0n) is 13.6. The Morgan fingerprint density at radius 2 is 1.05 bits per heavy atom. The van der Waals surface area contributed by atoms with Gasteiger partial charge in [0.1, 0.15) is 0 Å². The molecule has 0 aromatic heterocycles. The summed E-state index contributed by atoms with van der Waals surface area (Å²) in [7, 11) is 0. The molecule has 0 saturated heterocycles. The predicted molar refractivity (Wildman–Crippen MR) is 93.4 cm³/mol. The zero-order valence-corrected chi connectivity index (χ0v) is 13.6. The minimum atomic E-state index is 0.986. The van der Waals surface area contributed by atoms with E-state index in [-0.39, 0.29) is 0 Å². The molecule has 2 N–H and O–H groups in total. The number of aryl methyl sites for hydroxylation is 4. The van der Waals surface area contributed by atoms with Crippen LogP contribution in [0.25, 0.3) is 0 Å². The van der Waals surface area contributed by atoms with Crippen LogP contribution in [0.3, 0.4) is 0 Å². The van der Waals surface area contributed by atoms with Gasteiger partial charge in [-0.3, -0.25) is 0 Å². The summed E-state index contributed by atoms with van der Waals surface area (Å²) in [5.74, 6) is 0. The molecule has 0 unspecified atom stereocenters. The first-order valence-corrected chi connectivity index (χ1v) is 7.68. The first-order valence-electron chi connectivity index (χ1n) is 7.68. The smallest absolute Gasteiger partial charge is 0.0343 e. The van der Waals surface area contributed by atoms with Crippen LogP contribution < -0.4 is 10.6 Å². The van der Waals surface area contributed by atoms with Crippen molar-refractivity contribution < 1.29 is 0 Å². The van der Waals surface area contributed by atoms with Crippen LogP contribution in [-0.2, 0) is 0 Å². The Morgan fingerprint density at radius 1 is 0.619 bits per heavy atom. The molecule has 0 spiro atoms. The third kappa shape index (κ3) is 4.52. The summed E-state index contributed by atoms with van der Waals surface area (Å²) in [6.45, 7) is 10.6. The topological polar surface area (TPSA) is 24.1 Å². The standard InChI is InChI=1S/C19H26N2/c1-14-6-8-18(12-16(14)3)20-10-5-11-21-19-9-7-15(2)17(4)13-19/h6-9,12-13,20-21H,5,10-11H2,1-4H3. The maximum absolute atomic E-state index is 3.48. The Balaban J connectivity index is 1.72. The van der Waals surface area contributed by atoms with E-state index in [0.29, 0.717) is 0 Å². The van der Waals surface area contributed by atoms with Crippen LogP contribution in [0, 0.1) is 27.7 Å². The van der Waals surface area contributed by atoms with Crippen LogP contribution in [0.2, 0.25) is 0 Å². The Morgan fingerprint density at radius 3 is 1.43 bits per heavy atom. The average molecular weight is 282 g/mol. The number of rotatable bonds is 6. The summed E-state index contributed by atoms with van der Waals surface area (Å²) < 4.78 is 0. The van der Waals surface area contributed by atoms with Gasteiger partial charge in [0.2, 0.25) is 0 Å². The fraction of sp³-hybridized carbons (Fsp3) is 0.368. The number of benzene rings is 2. The van der Waals surface area contributed by atoms with E-state index in [2.05, 4.69) is 74.7 Å². The maximum atomic E-state index is 3.48. The molecule has 2 heteroatoms. The first-order chi connectivity index (χ1) is 10.1. The van der Waals surface area contributed by atoms with Crippen LogP contribution in [0.5, 0.6) is 0 Å². The summed E-state index contributed by atoms with van der Waals surface area (Å²) in [5, 5.41) is 6.96. The second kappa shape index (κ2) is 7.16. The molecule has 2 aromatic rings. The molecule has 0 aliphatic rings. The zero-order chi connectivity index (χ0) is 15.2. The van der Waals surface area contributed by atoms with Gasteiger partial charge in [-0.1, -0.05) is 12.1 Å². The van der Waals surface area contributed by atoms with E-state index in [1.165, 1.54) is 33.6 Å². The Labute approximate surface area is 128 Å². The highest BCUT2D eigenvalue weighted by Gasteiger charge is 1.97. The molecule has 0 aliphatic heterocycles. The predicted octanol–water partition coefficient (Wildman–Crippen LogP) is 4.83. The van der Waals surface area contributed by atoms with Crippen molar-refractivity contribution in [2.75, 3.05) is 23.7 Å². The fourth-order valence-corrected chi connectivity index (χ4v) is 2.26. The third-order valence-corrected chi connectivity index (χ3v) is 4.03. The molecule has 0 bridgehead atoms. The van der Waals surface area contributed by atoms with Gasteiger partial charge in [0.25, 0.3) is 0 Å².